The molecule has 1 N–H and O–H groups in total. The number of rotatable bonds is 2. The first-order chi connectivity index (χ1) is 7.80. The second kappa shape index (κ2) is 4.02. The lowest BCUT2D eigenvalue weighted by molar-refractivity contribution is 0.472. The van der Waals surface area contributed by atoms with Crippen molar-refractivity contribution in [2.45, 2.75) is 37.6 Å². The fourth-order valence-corrected chi connectivity index (χ4v) is 3.37. The molecule has 1 heterocycles. The lowest BCUT2D eigenvalue weighted by atomic mass is 9.86. The third-order valence-corrected chi connectivity index (χ3v) is 4.56. The molecule has 0 aliphatic carbocycles. The van der Waals surface area contributed by atoms with Crippen LogP contribution < -0.4 is 5.32 Å². The van der Waals surface area contributed by atoms with Gasteiger partial charge < -0.3 is 5.32 Å². The van der Waals surface area contributed by atoms with Gasteiger partial charge in [-0.2, -0.15) is 0 Å². The summed E-state index contributed by atoms with van der Waals surface area (Å²) in [5, 5.41) is 3.38. The lowest BCUT2D eigenvalue weighted by Gasteiger charge is -2.19. The molecule has 0 amide bonds. The van der Waals surface area contributed by atoms with Gasteiger partial charge in [-0.05, 0) is 30.5 Å². The van der Waals surface area contributed by atoms with E-state index in [4.69, 9.17) is 0 Å². The van der Waals surface area contributed by atoms with Gasteiger partial charge in [0.05, 0.1) is 4.90 Å². The number of nitrogens with one attached hydrogen (secondary N) is 1. The molecule has 1 aromatic carbocycles. The summed E-state index contributed by atoms with van der Waals surface area (Å²) in [4.78, 5) is 0.389. The first-order valence-electron chi connectivity index (χ1n) is 5.91. The number of sulfone groups is 1. The fourth-order valence-electron chi connectivity index (χ4n) is 2.72. The van der Waals surface area contributed by atoms with Crippen LogP contribution in [0.5, 0.6) is 0 Å². The van der Waals surface area contributed by atoms with Crippen molar-refractivity contribution in [3.05, 3.63) is 23.8 Å². The van der Waals surface area contributed by atoms with Crippen molar-refractivity contribution in [1.29, 1.82) is 0 Å². The molecule has 0 bridgehead atoms. The molecule has 0 aromatic heterocycles. The molecule has 3 nitrogen and oxygen atoms in total. The molecule has 2 atom stereocenters. The second-order valence-corrected chi connectivity index (χ2v) is 7.24. The molecule has 0 fully saturated rings. The summed E-state index contributed by atoms with van der Waals surface area (Å²) in [5.41, 5.74) is 2.21. The number of anilines is 1. The molecule has 1 aliphatic rings. The highest BCUT2D eigenvalue weighted by Gasteiger charge is 2.31. The van der Waals surface area contributed by atoms with Crippen molar-refractivity contribution in [2.24, 2.45) is 5.92 Å². The van der Waals surface area contributed by atoms with Gasteiger partial charge in [-0.1, -0.05) is 19.9 Å². The third kappa shape index (κ3) is 2.18. The van der Waals surface area contributed by atoms with Crippen molar-refractivity contribution in [2.75, 3.05) is 11.6 Å². The Morgan fingerprint density at radius 3 is 2.47 bits per heavy atom. The molecular weight excluding hydrogens is 234 g/mol. The summed E-state index contributed by atoms with van der Waals surface area (Å²) in [5.74, 6) is 1.00. The van der Waals surface area contributed by atoms with Gasteiger partial charge in [0, 0.05) is 23.9 Å². The molecule has 2 rings (SSSR count). The van der Waals surface area contributed by atoms with Crippen molar-refractivity contribution < 1.29 is 8.42 Å². The predicted octanol–water partition coefficient (Wildman–Crippen LogP) is 2.64. The van der Waals surface area contributed by atoms with Crippen LogP contribution in [0.2, 0.25) is 0 Å². The Morgan fingerprint density at radius 1 is 1.29 bits per heavy atom. The molecule has 0 saturated heterocycles. The van der Waals surface area contributed by atoms with Crippen molar-refractivity contribution >= 4 is 15.5 Å². The fraction of sp³-hybridized carbons (Fsp3) is 0.538. The molecule has 4 heteroatoms. The summed E-state index contributed by atoms with van der Waals surface area (Å²) < 4.78 is 23.0. The van der Waals surface area contributed by atoms with E-state index in [1.165, 1.54) is 11.8 Å². The molecule has 2 unspecified atom stereocenters. The maximum absolute atomic E-state index is 11.5. The van der Waals surface area contributed by atoms with Gasteiger partial charge in [-0.3, -0.25) is 0 Å². The van der Waals surface area contributed by atoms with Crippen molar-refractivity contribution in [3.63, 3.8) is 0 Å². The van der Waals surface area contributed by atoms with E-state index >= 15 is 0 Å². The van der Waals surface area contributed by atoms with Crippen LogP contribution in [-0.2, 0) is 9.84 Å². The van der Waals surface area contributed by atoms with E-state index in [1.54, 1.807) is 12.1 Å². The van der Waals surface area contributed by atoms with Crippen LogP contribution in [0, 0.1) is 5.92 Å². The van der Waals surface area contributed by atoms with E-state index in [0.29, 0.717) is 22.8 Å². The zero-order valence-corrected chi connectivity index (χ0v) is 11.5. The predicted molar refractivity (Wildman–Crippen MR) is 70.2 cm³/mol. The van der Waals surface area contributed by atoms with Gasteiger partial charge in [-0.15, -0.1) is 0 Å². The Labute approximate surface area is 103 Å². The molecule has 17 heavy (non-hydrogen) atoms. The second-order valence-electron chi connectivity index (χ2n) is 5.22. The quantitative estimate of drug-likeness (QED) is 0.881. The zero-order chi connectivity index (χ0) is 12.8. The van der Waals surface area contributed by atoms with Crippen LogP contribution >= 0.6 is 0 Å². The lowest BCUT2D eigenvalue weighted by Crippen LogP contribution is -2.20. The maximum atomic E-state index is 11.5. The first kappa shape index (κ1) is 12.4. The van der Waals surface area contributed by atoms with Gasteiger partial charge in [-0.25, -0.2) is 8.42 Å². The van der Waals surface area contributed by atoms with E-state index in [9.17, 15) is 8.42 Å². The van der Waals surface area contributed by atoms with E-state index < -0.39 is 9.84 Å². The van der Waals surface area contributed by atoms with Gasteiger partial charge in [0.25, 0.3) is 0 Å². The van der Waals surface area contributed by atoms with E-state index in [1.807, 2.05) is 6.07 Å². The molecule has 1 aromatic rings. The third-order valence-electron chi connectivity index (χ3n) is 3.45. The Balaban J connectivity index is 2.48. The summed E-state index contributed by atoms with van der Waals surface area (Å²) in [6.45, 7) is 6.54. The molecule has 0 saturated carbocycles. The number of hydrogen-bond donors (Lipinski definition) is 1. The average molecular weight is 253 g/mol. The standard InChI is InChI=1S/C13H19NO2S/c1-8(2)13-9(3)14-12-7-10(17(4,15)16)5-6-11(12)13/h5-9,13-14H,1-4H3. The molecular formula is C13H19NO2S. The monoisotopic (exact) mass is 253 g/mol. The van der Waals surface area contributed by atoms with Crippen molar-refractivity contribution in [3.8, 4) is 0 Å². The van der Waals surface area contributed by atoms with E-state index in [0.717, 1.165) is 5.69 Å². The molecule has 1 aliphatic heterocycles. The van der Waals surface area contributed by atoms with Crippen LogP contribution in [0.15, 0.2) is 23.1 Å². The summed E-state index contributed by atoms with van der Waals surface area (Å²) in [7, 11) is -3.12. The van der Waals surface area contributed by atoms with Crippen LogP contribution in [0.3, 0.4) is 0 Å². The van der Waals surface area contributed by atoms with Gasteiger partial charge in [0.2, 0.25) is 0 Å². The average Bonchev–Trinajstić information content (AvgIpc) is 2.50. The summed E-state index contributed by atoms with van der Waals surface area (Å²) in [6.07, 6.45) is 1.24. The zero-order valence-electron chi connectivity index (χ0n) is 10.7. The largest absolute Gasteiger partial charge is 0.382 e. The molecule has 94 valence electrons. The highest BCUT2D eigenvalue weighted by Crippen LogP contribution is 2.41. The summed E-state index contributed by atoms with van der Waals surface area (Å²) in [6, 6.07) is 5.78. The topological polar surface area (TPSA) is 46.2 Å². The molecule has 0 radical (unpaired) electrons. The number of hydrogen-bond acceptors (Lipinski definition) is 3. The minimum atomic E-state index is -3.12. The highest BCUT2D eigenvalue weighted by molar-refractivity contribution is 7.90. The normalized spacial score (nSPS) is 23.6. The number of benzene rings is 1. The van der Waals surface area contributed by atoms with Crippen LogP contribution in [0.25, 0.3) is 0 Å². The summed E-state index contributed by atoms with van der Waals surface area (Å²) >= 11 is 0. The van der Waals surface area contributed by atoms with E-state index in [2.05, 4.69) is 26.1 Å². The SMILES string of the molecule is CC(C)C1c2ccc(S(C)(=O)=O)cc2NC1C. The van der Waals surface area contributed by atoms with Gasteiger partial charge >= 0.3 is 0 Å². The van der Waals surface area contributed by atoms with Gasteiger partial charge in [0.1, 0.15) is 0 Å². The van der Waals surface area contributed by atoms with Crippen LogP contribution in [0.1, 0.15) is 32.3 Å². The number of fused-ring (bicyclic) bond motifs is 1. The maximum Gasteiger partial charge on any atom is 0.175 e. The first-order valence-corrected chi connectivity index (χ1v) is 7.80. The molecule has 0 spiro atoms. The van der Waals surface area contributed by atoms with E-state index in [-0.39, 0.29) is 0 Å². The minimum Gasteiger partial charge on any atom is -0.382 e. The van der Waals surface area contributed by atoms with Crippen LogP contribution in [0.4, 0.5) is 5.69 Å². The Hall–Kier alpha value is -1.03. The minimum absolute atomic E-state index is 0.361. The van der Waals surface area contributed by atoms with Crippen LogP contribution in [-0.4, -0.2) is 20.7 Å². The smallest absolute Gasteiger partial charge is 0.175 e. The van der Waals surface area contributed by atoms with Crippen molar-refractivity contribution in [1.82, 2.24) is 0 Å². The Kier molecular flexibility index (Phi) is 2.94. The Morgan fingerprint density at radius 2 is 1.94 bits per heavy atom. The Bertz CT molecular complexity index is 534. The highest BCUT2D eigenvalue weighted by atomic mass is 32.2. The van der Waals surface area contributed by atoms with Gasteiger partial charge in [0.15, 0.2) is 9.84 Å².